The summed E-state index contributed by atoms with van der Waals surface area (Å²) >= 11 is 0.604. The van der Waals surface area contributed by atoms with Crippen LogP contribution >= 0.6 is 11.5 Å². The molecule has 0 fully saturated rings. The number of hydrogen-bond donors (Lipinski definition) is 0. The van der Waals surface area contributed by atoms with Crippen LogP contribution in [0.2, 0.25) is 0 Å². The highest BCUT2D eigenvalue weighted by Crippen LogP contribution is 2.31. The molecule has 7 heteroatoms. The minimum atomic E-state index is -4.54. The van der Waals surface area contributed by atoms with E-state index in [-0.39, 0.29) is 5.01 Å². The fourth-order valence-electron chi connectivity index (χ4n) is 0.640. The summed E-state index contributed by atoms with van der Waals surface area (Å²) in [7, 11) is 0. The molecule has 0 amide bonds. The number of hydrogen-bond acceptors (Lipinski definition) is 4. The molecule has 0 radical (unpaired) electrons. The molecule has 1 aromatic rings. The summed E-state index contributed by atoms with van der Waals surface area (Å²) in [5, 5.41) is 8.74. The van der Waals surface area contributed by atoms with E-state index in [2.05, 4.69) is 9.36 Å². The van der Waals surface area contributed by atoms with Crippen molar-refractivity contribution < 1.29 is 13.2 Å². The predicted molar refractivity (Wildman–Crippen MR) is 43.6 cm³/mol. The van der Waals surface area contributed by atoms with Gasteiger partial charge in [0.2, 0.25) is 5.82 Å². The van der Waals surface area contributed by atoms with E-state index in [1.165, 1.54) is 13.8 Å². The Morgan fingerprint density at radius 2 is 1.93 bits per heavy atom. The molecule has 14 heavy (non-hydrogen) atoms. The van der Waals surface area contributed by atoms with Crippen LogP contribution < -0.4 is 0 Å². The maximum Gasteiger partial charge on any atom is 0.452 e. The fourth-order valence-corrected chi connectivity index (χ4v) is 1.36. The van der Waals surface area contributed by atoms with Gasteiger partial charge >= 0.3 is 6.18 Å². The second-order valence-corrected chi connectivity index (χ2v) is 3.91. The Bertz CT molecular complexity index is 374. The average molecular weight is 221 g/mol. The number of aromatic nitrogens is 2. The van der Waals surface area contributed by atoms with Gasteiger partial charge in [-0.3, -0.25) is 0 Å². The summed E-state index contributed by atoms with van der Waals surface area (Å²) in [6, 6.07) is 1.86. The molecule has 76 valence electrons. The van der Waals surface area contributed by atoms with Gasteiger partial charge in [0, 0.05) is 0 Å². The third-order valence-corrected chi connectivity index (χ3v) is 2.53. The van der Waals surface area contributed by atoms with Crippen LogP contribution in [-0.4, -0.2) is 9.36 Å². The van der Waals surface area contributed by atoms with E-state index in [1.807, 2.05) is 6.07 Å². The van der Waals surface area contributed by atoms with Gasteiger partial charge < -0.3 is 0 Å². The summed E-state index contributed by atoms with van der Waals surface area (Å²) in [5.41, 5.74) is -1.03. The first-order chi connectivity index (χ1) is 6.27. The van der Waals surface area contributed by atoms with Gasteiger partial charge in [-0.2, -0.15) is 22.8 Å². The lowest BCUT2D eigenvalue weighted by Crippen LogP contribution is -2.15. The molecule has 0 aliphatic heterocycles. The van der Waals surface area contributed by atoms with Gasteiger partial charge in [0.25, 0.3) is 0 Å². The lowest BCUT2D eigenvalue weighted by Gasteiger charge is -2.08. The molecular weight excluding hydrogens is 215 g/mol. The first kappa shape index (κ1) is 10.9. The van der Waals surface area contributed by atoms with Crippen LogP contribution in [0.15, 0.2) is 0 Å². The van der Waals surface area contributed by atoms with Crippen LogP contribution in [0, 0.1) is 11.3 Å². The largest absolute Gasteiger partial charge is 0.452 e. The van der Waals surface area contributed by atoms with Crippen molar-refractivity contribution in [3.8, 4) is 6.07 Å². The van der Waals surface area contributed by atoms with Crippen molar-refractivity contribution in [1.29, 1.82) is 5.26 Å². The minimum Gasteiger partial charge on any atom is -0.214 e. The summed E-state index contributed by atoms with van der Waals surface area (Å²) in [6.07, 6.45) is -4.54. The van der Waals surface area contributed by atoms with Crippen molar-refractivity contribution in [2.24, 2.45) is 0 Å². The van der Waals surface area contributed by atoms with Crippen molar-refractivity contribution >= 4 is 11.5 Å². The first-order valence-electron chi connectivity index (χ1n) is 3.60. The molecule has 0 atom stereocenters. The van der Waals surface area contributed by atoms with E-state index in [4.69, 9.17) is 5.26 Å². The average Bonchev–Trinajstić information content (AvgIpc) is 2.51. The molecule has 0 unspecified atom stereocenters. The standard InChI is InChI=1S/C7H6F3N3S/c1-6(2,3-11)5-12-4(13-14-5)7(8,9)10/h1-2H3. The molecule has 1 heterocycles. The Kier molecular flexibility index (Phi) is 2.50. The third-order valence-electron chi connectivity index (χ3n) is 1.49. The van der Waals surface area contributed by atoms with Gasteiger partial charge in [-0.1, -0.05) is 0 Å². The van der Waals surface area contributed by atoms with Gasteiger partial charge in [0.1, 0.15) is 10.4 Å². The summed E-state index contributed by atoms with van der Waals surface area (Å²) < 4.78 is 39.4. The SMILES string of the molecule is CC(C)(C#N)c1nc(C(F)(F)F)ns1. The molecule has 0 saturated carbocycles. The van der Waals surface area contributed by atoms with Crippen LogP contribution in [-0.2, 0) is 11.6 Å². The molecule has 0 bridgehead atoms. The highest BCUT2D eigenvalue weighted by molar-refractivity contribution is 7.05. The second-order valence-electron chi connectivity index (χ2n) is 3.16. The van der Waals surface area contributed by atoms with Crippen molar-refractivity contribution in [2.75, 3.05) is 0 Å². The first-order valence-corrected chi connectivity index (χ1v) is 4.37. The molecule has 0 N–H and O–H groups in total. The van der Waals surface area contributed by atoms with Gasteiger partial charge in [0.15, 0.2) is 0 Å². The third kappa shape index (κ3) is 2.01. The van der Waals surface area contributed by atoms with Crippen LogP contribution in [0.25, 0.3) is 0 Å². The van der Waals surface area contributed by atoms with Gasteiger partial charge in [-0.15, -0.1) is 0 Å². The van der Waals surface area contributed by atoms with Crippen LogP contribution in [0.1, 0.15) is 24.7 Å². The highest BCUT2D eigenvalue weighted by atomic mass is 32.1. The molecule has 0 spiro atoms. The maximum absolute atomic E-state index is 12.1. The predicted octanol–water partition coefficient (Wildman–Crippen LogP) is 2.36. The normalized spacial score (nSPS) is 12.6. The molecular formula is C7H6F3N3S. The van der Waals surface area contributed by atoms with E-state index in [0.29, 0.717) is 11.5 Å². The smallest absolute Gasteiger partial charge is 0.214 e. The van der Waals surface area contributed by atoms with Crippen LogP contribution in [0.3, 0.4) is 0 Å². The molecule has 0 aromatic carbocycles. The minimum absolute atomic E-state index is 0.0762. The van der Waals surface area contributed by atoms with Gasteiger partial charge in [-0.25, -0.2) is 4.98 Å². The monoisotopic (exact) mass is 221 g/mol. The van der Waals surface area contributed by atoms with Crippen LogP contribution in [0.4, 0.5) is 13.2 Å². The van der Waals surface area contributed by atoms with Crippen LogP contribution in [0.5, 0.6) is 0 Å². The van der Waals surface area contributed by atoms with Gasteiger partial charge in [-0.05, 0) is 25.4 Å². The number of nitriles is 1. The van der Waals surface area contributed by atoms with Crippen molar-refractivity contribution in [1.82, 2.24) is 9.36 Å². The fraction of sp³-hybridized carbons (Fsp3) is 0.571. The Hall–Kier alpha value is -1.16. The molecule has 1 rings (SSSR count). The van der Waals surface area contributed by atoms with E-state index in [9.17, 15) is 13.2 Å². The lowest BCUT2D eigenvalue weighted by atomic mass is 9.97. The molecule has 0 aliphatic rings. The summed E-state index contributed by atoms with van der Waals surface area (Å²) in [6.45, 7) is 2.99. The van der Waals surface area contributed by atoms with Gasteiger partial charge in [0.05, 0.1) is 6.07 Å². The number of alkyl halides is 3. The summed E-state index contributed by atoms with van der Waals surface area (Å²) in [5.74, 6) is -1.18. The van der Waals surface area contributed by atoms with Crippen molar-refractivity contribution in [3.63, 3.8) is 0 Å². The zero-order valence-electron chi connectivity index (χ0n) is 7.38. The van der Waals surface area contributed by atoms with E-state index >= 15 is 0 Å². The quantitative estimate of drug-likeness (QED) is 0.731. The molecule has 3 nitrogen and oxygen atoms in total. The molecule has 0 saturated heterocycles. The Balaban J connectivity index is 3.08. The lowest BCUT2D eigenvalue weighted by molar-refractivity contribution is -0.144. The Labute approximate surface area is 82.4 Å². The Morgan fingerprint density at radius 1 is 1.36 bits per heavy atom. The number of rotatable bonds is 1. The maximum atomic E-state index is 12.1. The van der Waals surface area contributed by atoms with Crippen molar-refractivity contribution in [2.45, 2.75) is 25.4 Å². The van der Waals surface area contributed by atoms with E-state index in [0.717, 1.165) is 0 Å². The van der Waals surface area contributed by atoms with E-state index in [1.54, 1.807) is 0 Å². The molecule has 1 aromatic heterocycles. The number of halogens is 3. The van der Waals surface area contributed by atoms with E-state index < -0.39 is 17.4 Å². The number of nitrogens with zero attached hydrogens (tertiary/aromatic N) is 3. The van der Waals surface area contributed by atoms with Crippen molar-refractivity contribution in [3.05, 3.63) is 10.8 Å². The zero-order valence-corrected chi connectivity index (χ0v) is 8.20. The molecule has 0 aliphatic carbocycles. The topological polar surface area (TPSA) is 49.6 Å². The Morgan fingerprint density at radius 3 is 2.29 bits per heavy atom. The second kappa shape index (κ2) is 3.20. The summed E-state index contributed by atoms with van der Waals surface area (Å²) in [4.78, 5) is 3.28. The highest BCUT2D eigenvalue weighted by Gasteiger charge is 2.38. The zero-order chi connectivity index (χ0) is 11.0.